The Balaban J connectivity index is 1.96. The standard InChI is InChI=1S/C15H17N3O4/c1-11(19)22-10-14(20)17-15-9-18(6-7-21-15)13-5-3-2-4-12(13)8-16/h2-5,15H,6-7,9-10H2,1H3,(H,17,20). The van der Waals surface area contributed by atoms with Gasteiger partial charge in [0.25, 0.3) is 5.91 Å². The van der Waals surface area contributed by atoms with Gasteiger partial charge in [0.05, 0.1) is 24.4 Å². The van der Waals surface area contributed by atoms with E-state index in [1.807, 2.05) is 17.0 Å². The number of ether oxygens (including phenoxy) is 2. The van der Waals surface area contributed by atoms with Crippen molar-refractivity contribution < 1.29 is 19.1 Å². The summed E-state index contributed by atoms with van der Waals surface area (Å²) < 4.78 is 10.1. The van der Waals surface area contributed by atoms with Crippen LogP contribution in [0.15, 0.2) is 24.3 Å². The van der Waals surface area contributed by atoms with Crippen molar-refractivity contribution in [3.63, 3.8) is 0 Å². The first-order valence-corrected chi connectivity index (χ1v) is 6.88. The van der Waals surface area contributed by atoms with Crippen LogP contribution in [0, 0.1) is 11.3 Å². The molecule has 1 heterocycles. The van der Waals surface area contributed by atoms with E-state index in [0.717, 1.165) is 5.69 Å². The second kappa shape index (κ2) is 7.43. The van der Waals surface area contributed by atoms with Gasteiger partial charge in [-0.15, -0.1) is 0 Å². The lowest BCUT2D eigenvalue weighted by Gasteiger charge is -2.35. The molecule has 22 heavy (non-hydrogen) atoms. The zero-order valence-corrected chi connectivity index (χ0v) is 12.2. The lowest BCUT2D eigenvalue weighted by atomic mass is 10.1. The van der Waals surface area contributed by atoms with Crippen LogP contribution in [0.5, 0.6) is 0 Å². The molecule has 1 amide bonds. The summed E-state index contributed by atoms with van der Waals surface area (Å²) >= 11 is 0. The zero-order chi connectivity index (χ0) is 15.9. The van der Waals surface area contributed by atoms with E-state index in [4.69, 9.17) is 10.00 Å². The van der Waals surface area contributed by atoms with Crippen molar-refractivity contribution in [3.8, 4) is 6.07 Å². The number of para-hydroxylation sites is 1. The van der Waals surface area contributed by atoms with Gasteiger partial charge >= 0.3 is 5.97 Å². The number of anilines is 1. The van der Waals surface area contributed by atoms with Crippen LogP contribution >= 0.6 is 0 Å². The van der Waals surface area contributed by atoms with Crippen LogP contribution in [0.2, 0.25) is 0 Å². The van der Waals surface area contributed by atoms with E-state index >= 15 is 0 Å². The average molecular weight is 303 g/mol. The maximum atomic E-state index is 11.6. The van der Waals surface area contributed by atoms with Crippen molar-refractivity contribution in [2.24, 2.45) is 0 Å². The summed E-state index contributed by atoms with van der Waals surface area (Å²) in [7, 11) is 0. The molecule has 7 nitrogen and oxygen atoms in total. The van der Waals surface area contributed by atoms with Crippen LogP contribution in [0.1, 0.15) is 12.5 Å². The zero-order valence-electron chi connectivity index (χ0n) is 12.2. The lowest BCUT2D eigenvalue weighted by molar-refractivity contribution is -0.147. The molecule has 0 aromatic heterocycles. The molecule has 0 bridgehead atoms. The van der Waals surface area contributed by atoms with Gasteiger partial charge in [0.1, 0.15) is 12.3 Å². The van der Waals surface area contributed by atoms with E-state index < -0.39 is 18.1 Å². The molecule has 1 unspecified atom stereocenters. The molecule has 1 N–H and O–H groups in total. The van der Waals surface area contributed by atoms with Gasteiger partial charge in [-0.1, -0.05) is 12.1 Å². The molecular formula is C15H17N3O4. The Bertz CT molecular complexity index is 597. The van der Waals surface area contributed by atoms with Crippen LogP contribution in [0.3, 0.4) is 0 Å². The van der Waals surface area contributed by atoms with Crippen LogP contribution < -0.4 is 10.2 Å². The maximum Gasteiger partial charge on any atom is 0.303 e. The predicted molar refractivity (Wildman–Crippen MR) is 77.9 cm³/mol. The Morgan fingerprint density at radius 3 is 3.00 bits per heavy atom. The molecule has 1 atom stereocenters. The van der Waals surface area contributed by atoms with Gasteiger partial charge in [-0.25, -0.2) is 0 Å². The van der Waals surface area contributed by atoms with E-state index in [1.54, 1.807) is 12.1 Å². The monoisotopic (exact) mass is 303 g/mol. The lowest BCUT2D eigenvalue weighted by Crippen LogP contribution is -2.52. The predicted octanol–water partition coefficient (Wildman–Crippen LogP) is 0.400. The summed E-state index contributed by atoms with van der Waals surface area (Å²) in [5.41, 5.74) is 1.39. The van der Waals surface area contributed by atoms with Crippen molar-refractivity contribution in [2.45, 2.75) is 13.2 Å². The third-order valence-electron chi connectivity index (χ3n) is 3.16. The average Bonchev–Trinajstić information content (AvgIpc) is 2.53. The van der Waals surface area contributed by atoms with E-state index in [1.165, 1.54) is 6.92 Å². The number of esters is 1. The number of nitrogens with one attached hydrogen (secondary N) is 1. The van der Waals surface area contributed by atoms with Gasteiger partial charge in [0.2, 0.25) is 0 Å². The van der Waals surface area contributed by atoms with E-state index in [-0.39, 0.29) is 6.61 Å². The number of nitrogens with zero attached hydrogens (tertiary/aromatic N) is 2. The van der Waals surface area contributed by atoms with Crippen LogP contribution in [0.25, 0.3) is 0 Å². The van der Waals surface area contributed by atoms with Gasteiger partial charge < -0.3 is 19.7 Å². The highest BCUT2D eigenvalue weighted by Gasteiger charge is 2.23. The van der Waals surface area contributed by atoms with Crippen LogP contribution in [0.4, 0.5) is 5.69 Å². The second-order valence-corrected chi connectivity index (χ2v) is 4.78. The molecule has 0 aliphatic carbocycles. The van der Waals surface area contributed by atoms with Gasteiger partial charge in [-0.05, 0) is 12.1 Å². The minimum absolute atomic E-state index is 0.329. The first-order valence-electron chi connectivity index (χ1n) is 6.88. The topological polar surface area (TPSA) is 91.7 Å². The molecule has 1 saturated heterocycles. The second-order valence-electron chi connectivity index (χ2n) is 4.78. The number of hydrogen-bond acceptors (Lipinski definition) is 6. The van der Waals surface area contributed by atoms with Crippen molar-refractivity contribution in [2.75, 3.05) is 31.2 Å². The SMILES string of the molecule is CC(=O)OCC(=O)NC1CN(c2ccccc2C#N)CCO1. The van der Waals surface area contributed by atoms with Gasteiger partial charge in [0, 0.05) is 13.5 Å². The fourth-order valence-corrected chi connectivity index (χ4v) is 2.19. The smallest absolute Gasteiger partial charge is 0.303 e. The minimum atomic E-state index is -0.511. The molecule has 1 fully saturated rings. The Morgan fingerprint density at radius 2 is 2.27 bits per heavy atom. The van der Waals surface area contributed by atoms with Crippen molar-refractivity contribution >= 4 is 17.6 Å². The van der Waals surface area contributed by atoms with E-state index in [0.29, 0.717) is 25.3 Å². The highest BCUT2D eigenvalue weighted by Crippen LogP contribution is 2.21. The molecule has 1 aliphatic heterocycles. The molecule has 1 aliphatic rings. The number of hydrogen-bond donors (Lipinski definition) is 1. The summed E-state index contributed by atoms with van der Waals surface area (Å²) in [6.07, 6.45) is -0.511. The van der Waals surface area contributed by atoms with Gasteiger partial charge in [0.15, 0.2) is 6.61 Å². The normalized spacial score (nSPS) is 17.5. The van der Waals surface area contributed by atoms with E-state index in [9.17, 15) is 9.59 Å². The molecule has 7 heteroatoms. The largest absolute Gasteiger partial charge is 0.456 e. The number of carbonyl (C=O) groups excluding carboxylic acids is 2. The Morgan fingerprint density at radius 1 is 1.50 bits per heavy atom. The third kappa shape index (κ3) is 4.20. The number of nitriles is 1. The third-order valence-corrected chi connectivity index (χ3v) is 3.16. The maximum absolute atomic E-state index is 11.6. The molecular weight excluding hydrogens is 286 g/mol. The quantitative estimate of drug-likeness (QED) is 0.810. The Kier molecular flexibility index (Phi) is 5.33. The van der Waals surface area contributed by atoms with Gasteiger partial charge in [-0.2, -0.15) is 5.26 Å². The van der Waals surface area contributed by atoms with Crippen LogP contribution in [-0.4, -0.2) is 44.4 Å². The fourth-order valence-electron chi connectivity index (χ4n) is 2.19. The van der Waals surface area contributed by atoms with Gasteiger partial charge in [-0.3, -0.25) is 9.59 Å². The van der Waals surface area contributed by atoms with Crippen LogP contribution in [-0.2, 0) is 19.1 Å². The molecule has 1 aromatic carbocycles. The van der Waals surface area contributed by atoms with E-state index in [2.05, 4.69) is 16.1 Å². The minimum Gasteiger partial charge on any atom is -0.456 e. The first kappa shape index (κ1) is 15.8. The number of rotatable bonds is 4. The summed E-state index contributed by atoms with van der Waals surface area (Å²) in [5.74, 6) is -0.931. The Labute approximate surface area is 128 Å². The summed E-state index contributed by atoms with van der Waals surface area (Å²) in [4.78, 5) is 24.3. The molecule has 116 valence electrons. The summed E-state index contributed by atoms with van der Waals surface area (Å²) in [6, 6.07) is 9.43. The molecule has 0 spiro atoms. The molecule has 1 aromatic rings. The number of carbonyl (C=O) groups is 2. The number of benzene rings is 1. The number of morpholine rings is 1. The highest BCUT2D eigenvalue weighted by atomic mass is 16.5. The molecule has 0 radical (unpaired) electrons. The summed E-state index contributed by atoms with van der Waals surface area (Å²) in [5, 5.41) is 11.8. The summed E-state index contributed by atoms with van der Waals surface area (Å²) in [6.45, 7) is 2.40. The first-order chi connectivity index (χ1) is 10.6. The van der Waals surface area contributed by atoms with Crippen molar-refractivity contribution in [1.82, 2.24) is 5.32 Å². The van der Waals surface area contributed by atoms with Crippen molar-refractivity contribution in [1.29, 1.82) is 5.26 Å². The highest BCUT2D eigenvalue weighted by molar-refractivity contribution is 5.80. The molecule has 0 saturated carbocycles. The Hall–Kier alpha value is -2.59. The fraction of sp³-hybridized carbons (Fsp3) is 0.400. The number of amides is 1. The molecule has 2 rings (SSSR count). The van der Waals surface area contributed by atoms with Crippen molar-refractivity contribution in [3.05, 3.63) is 29.8 Å².